The predicted octanol–water partition coefficient (Wildman–Crippen LogP) is 17.0. The lowest BCUT2D eigenvalue weighted by Gasteiger charge is -2.54. The van der Waals surface area contributed by atoms with E-state index < -0.39 is 95.5 Å². The van der Waals surface area contributed by atoms with E-state index in [9.17, 15) is 90.5 Å². The van der Waals surface area contributed by atoms with Crippen molar-refractivity contribution in [2.24, 2.45) is 22.7 Å². The Balaban J connectivity index is 0.000000218. The van der Waals surface area contributed by atoms with Gasteiger partial charge in [0.2, 0.25) is 50.1 Å². The summed E-state index contributed by atoms with van der Waals surface area (Å²) in [6.07, 6.45) is 15.6. The monoisotopic (exact) mass is 2150 g/mol. The van der Waals surface area contributed by atoms with Crippen LogP contribution < -0.4 is 9.44 Å². The second kappa shape index (κ2) is 55.5. The van der Waals surface area contributed by atoms with E-state index in [-0.39, 0.29) is 57.2 Å². The summed E-state index contributed by atoms with van der Waals surface area (Å²) in [5, 5.41) is 9.35. The molecule has 3 saturated heterocycles. The van der Waals surface area contributed by atoms with E-state index in [2.05, 4.69) is 16.4 Å². The number of unbranched alkanes of at least 4 members (excludes halogenated alkanes) is 1. The number of methoxy groups -OCH3 is 2. The third-order valence-corrected chi connectivity index (χ3v) is 41.3. The lowest BCUT2D eigenvalue weighted by molar-refractivity contribution is -0.118. The summed E-state index contributed by atoms with van der Waals surface area (Å²) in [7, 11) is -26.1. The molecule has 3 saturated carbocycles. The molecule has 15 rings (SSSR count). The first-order valence-corrected chi connectivity index (χ1v) is 62.1. The van der Waals surface area contributed by atoms with Gasteiger partial charge in [-0.25, -0.2) is 85.2 Å². The maximum atomic E-state index is 12.3. The number of sulfonamides is 5. The van der Waals surface area contributed by atoms with Gasteiger partial charge in [0.1, 0.15) is 11.6 Å². The molecule has 0 aromatic heterocycles. The number of rotatable bonds is 33. The summed E-state index contributed by atoms with van der Waals surface area (Å²) in [4.78, 5) is 24.9. The highest BCUT2D eigenvalue weighted by atomic mass is 32.2. The Morgan fingerprint density at radius 1 is 0.371 bits per heavy atom. The first-order valence-electron chi connectivity index (χ1n) is 48.2. The van der Waals surface area contributed by atoms with Gasteiger partial charge in [0, 0.05) is 73.3 Å². The fourth-order valence-corrected chi connectivity index (χ4v) is 28.4. The quantitative estimate of drug-likeness (QED) is 0.0322. The Morgan fingerprint density at radius 2 is 0.678 bits per heavy atom. The Labute approximate surface area is 853 Å². The molecular weight excluding hydrogens is 2000 g/mol. The van der Waals surface area contributed by atoms with E-state index in [1.54, 1.807) is 132 Å². The Kier molecular flexibility index (Phi) is 47.2. The molecule has 6 aliphatic rings. The topological polar surface area (TPSA) is 414 Å². The molecule has 0 radical (unpaired) electrons. The van der Waals surface area contributed by atoms with E-state index in [0.717, 1.165) is 121 Å². The number of Topliss-reactive ketones (excluding diaryl/α,β-unsaturated/α-hetero) is 2. The van der Waals surface area contributed by atoms with Gasteiger partial charge in [-0.1, -0.05) is 192 Å². The first kappa shape index (κ1) is 121. The van der Waals surface area contributed by atoms with Gasteiger partial charge in [0.05, 0.1) is 79.7 Å². The van der Waals surface area contributed by atoms with Gasteiger partial charge in [0.25, 0.3) is 0 Å². The second-order valence-electron chi connectivity index (χ2n) is 38.2. The summed E-state index contributed by atoms with van der Waals surface area (Å²) in [5.74, 6) is 1.26. The Morgan fingerprint density at radius 3 is 0.979 bits per heavy atom. The Hall–Kier alpha value is -8.45. The van der Waals surface area contributed by atoms with Crippen molar-refractivity contribution in [2.45, 2.75) is 243 Å². The molecule has 0 amide bonds. The number of aliphatic hydroxyl groups is 1. The van der Waals surface area contributed by atoms with Crippen LogP contribution >= 0.6 is 0 Å². The summed E-state index contributed by atoms with van der Waals surface area (Å²) in [6.45, 7) is 28.7. The third-order valence-electron chi connectivity index (χ3n) is 25.5. The average Bonchev–Trinajstić information content (AvgIpc) is 0.731. The van der Waals surface area contributed by atoms with Gasteiger partial charge < -0.3 is 14.6 Å². The molecule has 1 spiro atoms. The predicted molar refractivity (Wildman–Crippen MR) is 564 cm³/mol. The third kappa shape index (κ3) is 38.6. The minimum atomic E-state index is -3.59. The molecule has 0 unspecified atom stereocenters. The molecule has 788 valence electrons. The number of piperidine rings is 1. The van der Waals surface area contributed by atoms with E-state index in [4.69, 9.17) is 9.47 Å². The van der Waals surface area contributed by atoms with Gasteiger partial charge in [-0.05, 0) is 292 Å². The van der Waals surface area contributed by atoms with E-state index in [1.165, 1.54) is 75.0 Å². The van der Waals surface area contributed by atoms with E-state index in [0.29, 0.717) is 116 Å². The van der Waals surface area contributed by atoms with Crippen LogP contribution in [0.2, 0.25) is 0 Å². The highest BCUT2D eigenvalue weighted by Crippen LogP contribution is 2.50. The van der Waals surface area contributed by atoms with Crippen molar-refractivity contribution in [1.82, 2.24) is 22.4 Å². The number of nitrogens with zero attached hydrogens (tertiary/aromatic N) is 3. The van der Waals surface area contributed by atoms with Crippen molar-refractivity contribution in [3.05, 3.63) is 268 Å². The van der Waals surface area contributed by atoms with Gasteiger partial charge in [0.15, 0.2) is 39.3 Å². The maximum absolute atomic E-state index is 12.3. The number of aliphatic hydroxyl groups excluding tert-OH is 1. The Bertz CT molecular complexity index is 6630. The smallest absolute Gasteiger partial charge is 0.243 e. The van der Waals surface area contributed by atoms with Crippen LogP contribution in [0.1, 0.15) is 180 Å². The van der Waals surface area contributed by atoms with Crippen molar-refractivity contribution in [3.8, 4) is 0 Å². The van der Waals surface area contributed by atoms with Gasteiger partial charge in [-0.2, -0.15) is 12.9 Å². The number of ether oxygens (including phenoxy) is 2. The van der Waals surface area contributed by atoms with Gasteiger partial charge in [-0.3, -0.25) is 9.59 Å². The van der Waals surface area contributed by atoms with Crippen LogP contribution in [0, 0.1) is 85.0 Å². The highest BCUT2D eigenvalue weighted by molar-refractivity contribution is 7.93. The molecular formula is C106H147N5O23S9. The molecule has 9 aromatic rings. The van der Waals surface area contributed by atoms with Crippen LogP contribution in [0.25, 0.3) is 0 Å². The number of ketones is 2. The number of carbonyl (C=O) groups excluding carboxylic acids is 2. The maximum Gasteiger partial charge on any atom is 0.243 e. The molecule has 37 heteroatoms. The number of nitrogens with one attached hydrogen (secondary N) is 2. The van der Waals surface area contributed by atoms with Crippen molar-refractivity contribution in [1.29, 1.82) is 0 Å². The molecule has 28 nitrogen and oxygen atoms in total. The summed E-state index contributed by atoms with van der Waals surface area (Å²) < 4.78 is 234. The summed E-state index contributed by atoms with van der Waals surface area (Å²) in [5.41, 5.74) is 9.71. The molecule has 6 fully saturated rings. The SMILES string of the molecule is CC(=O)CNS(=O)(=O)c1ccc(C)cc1.CC(=O)[C@H](C)NS(=O)(=O)c1ccc(C)cc1.COCCCCS(=O)(=O)c1ccc(C)cc1.COCCCS(=O)(=O)c1ccc(C)cc1.Cc1ccc(S(=O)(=O)CC2CCC2)cc1.Cc1ccc(S(=O)(=O)CCC2(CO)CCC2)cc1.Cc1ccc(S(=O)(=O)N2CC(C)C2)cc1.Cc1ccc(S(=O)(=O)N2CC3(CCC3)C2)cc1.Cc1ccc(S(=O)(=O)N2CCCCC2)cc1. The first-order chi connectivity index (χ1) is 67.0. The lowest BCUT2D eigenvalue weighted by atomic mass is 9.65. The molecule has 3 heterocycles. The molecule has 3 aliphatic carbocycles. The van der Waals surface area contributed by atoms with Crippen molar-refractivity contribution in [3.63, 3.8) is 0 Å². The number of sulfone groups is 4. The number of benzene rings is 9. The minimum absolute atomic E-state index is 0.108. The van der Waals surface area contributed by atoms with E-state index >= 15 is 0 Å². The fraction of sp³-hybridized carbons (Fsp3) is 0.472. The number of carbonyl (C=O) groups is 2. The van der Waals surface area contributed by atoms with Crippen molar-refractivity contribution in [2.75, 3.05) is 103 Å². The second-order valence-corrected chi connectivity index (χ2v) is 55.8. The molecule has 143 heavy (non-hydrogen) atoms. The number of hydrogen-bond acceptors (Lipinski definition) is 23. The lowest BCUT2D eigenvalue weighted by Crippen LogP contribution is -2.61. The highest BCUT2D eigenvalue weighted by Gasteiger charge is 2.51. The molecule has 1 atom stereocenters. The van der Waals surface area contributed by atoms with Crippen LogP contribution in [0.5, 0.6) is 0 Å². The van der Waals surface area contributed by atoms with Gasteiger partial charge in [-0.15, -0.1) is 0 Å². The summed E-state index contributed by atoms with van der Waals surface area (Å²) >= 11 is 0. The zero-order chi connectivity index (χ0) is 106. The zero-order valence-electron chi connectivity index (χ0n) is 85.2. The van der Waals surface area contributed by atoms with Crippen molar-refractivity contribution < 1.29 is 99.9 Å². The molecule has 9 aromatic carbocycles. The van der Waals surface area contributed by atoms with Crippen LogP contribution in [-0.4, -0.2) is 214 Å². The standard InChI is InChI=1S/C14H20O3S.C13H17NO2S.C12H17NO2S.C12H18O3S.C12H16O2S.C11H15NO3S.C11H15NO2S.C11H16O3S.C10H13NO3S/c1-12-3-5-13(6-4-12)18(16,17)10-9-14(11-15)7-2-8-14;1-11-3-5-12(6-4-11)17(15,16)14-9-13(10-14)7-2-8-13;1-11-5-7-12(8-6-11)16(14,15)13-9-3-2-4-10-13;1-11-5-7-12(8-6-11)16(13,14)10-4-3-9-15-2;1-10-5-7-12(8-6-10)15(13,14)9-11-3-2-4-11;1-8-4-6-11(7-5-8)16(14,15)12-9(2)10(3)13;1-9-3-5-11(6-4-9)15(13,14)12-7-10(2)8-12;1-10-4-6-11(7-5-10)15(12,13)9-3-8-14-2;1-8-3-5-10(6-4-8)15(13,14)11-7-9(2)12/h3-6,15H,2,7-11H2,1H3;3-6H,2,7-10H2,1H3;5-8H,2-4,9-10H2,1H3;5-8H,3-4,9-10H2,1-2H3;5-8,11H,2-4,9H2,1H3;4-7,9,12H,1-3H3;3-6,10H,7-8H2,1-2H3;4-7H,3,8-9H2,1-2H3;3-6,11H,7H2,1-2H3/t;;;;;9-;;;/m.....0.../s1. The van der Waals surface area contributed by atoms with Crippen LogP contribution in [0.4, 0.5) is 0 Å². The van der Waals surface area contributed by atoms with Crippen LogP contribution in [0.3, 0.4) is 0 Å². The van der Waals surface area contributed by atoms with Gasteiger partial charge >= 0.3 is 0 Å². The normalized spacial score (nSPS) is 16.1. The fourth-order valence-electron chi connectivity index (χ4n) is 15.3. The number of aryl methyl sites for hydroxylation is 9. The molecule has 3 N–H and O–H groups in total. The minimum Gasteiger partial charge on any atom is -0.396 e. The largest absolute Gasteiger partial charge is 0.396 e. The van der Waals surface area contributed by atoms with Crippen LogP contribution in [0.15, 0.2) is 262 Å². The van der Waals surface area contributed by atoms with Crippen LogP contribution in [-0.2, 0) is 109 Å². The number of hydrogen-bond donors (Lipinski definition) is 3. The average molecular weight is 2150 g/mol. The molecule has 3 aliphatic heterocycles. The van der Waals surface area contributed by atoms with Crippen molar-refractivity contribution >= 4 is 101 Å². The summed E-state index contributed by atoms with van der Waals surface area (Å²) in [6, 6.07) is 61.4. The van der Waals surface area contributed by atoms with E-state index in [1.807, 2.05) is 147 Å². The zero-order valence-corrected chi connectivity index (χ0v) is 92.5. The molecule has 0 bridgehead atoms.